The molecule has 0 aromatic rings. The van der Waals surface area contributed by atoms with E-state index in [0.717, 1.165) is 38.5 Å². The Morgan fingerprint density at radius 2 is 0.653 bits per heavy atom. The van der Waals surface area contributed by atoms with Crippen molar-refractivity contribution < 1.29 is 32.9 Å². The Balaban J connectivity index is 3.91. The first kappa shape index (κ1) is 74.5. The summed E-state index contributed by atoms with van der Waals surface area (Å²) in [5.74, 6) is -0.154. The van der Waals surface area contributed by atoms with Crippen LogP contribution in [0.3, 0.4) is 0 Å². The van der Waals surface area contributed by atoms with E-state index in [0.29, 0.717) is 23.9 Å². The molecule has 0 bridgehead atoms. The summed E-state index contributed by atoms with van der Waals surface area (Å²) in [7, 11) is 1.33. The zero-order valence-electron chi connectivity index (χ0n) is 51.5. The molecular weight excluding hydrogens is 948 g/mol. The van der Waals surface area contributed by atoms with E-state index in [4.69, 9.17) is 9.05 Å². The summed E-state index contributed by atoms with van der Waals surface area (Å²) < 4.78 is 23.5. The third-order valence-corrected chi connectivity index (χ3v) is 17.1. The maximum atomic E-state index is 13.0. The number of phosphoric ester groups is 1. The number of rotatable bonds is 64. The Hall–Kier alpha value is -0.500. The molecule has 0 aliphatic heterocycles. The van der Waals surface area contributed by atoms with Crippen LogP contribution in [0.15, 0.2) is 0 Å². The quantitative estimate of drug-likeness (QED) is 0.0357. The highest BCUT2D eigenvalue weighted by atomic mass is 31.2. The molecular formula is C66H135N2O6P. The van der Waals surface area contributed by atoms with Crippen LogP contribution in [0, 0.1) is 0 Å². The van der Waals surface area contributed by atoms with Gasteiger partial charge in [-0.3, -0.25) is 9.36 Å². The van der Waals surface area contributed by atoms with Crippen molar-refractivity contribution in [3.63, 3.8) is 0 Å². The maximum absolute atomic E-state index is 13.0. The lowest BCUT2D eigenvalue weighted by Crippen LogP contribution is -2.46. The molecule has 75 heavy (non-hydrogen) atoms. The molecule has 3 unspecified atom stereocenters. The van der Waals surface area contributed by atoms with Gasteiger partial charge in [-0.15, -0.1) is 0 Å². The Morgan fingerprint density at radius 3 is 0.907 bits per heavy atom. The average Bonchev–Trinajstić information content (AvgIpc) is 3.37. The summed E-state index contributed by atoms with van der Waals surface area (Å²) in [6.45, 7) is 4.79. The number of quaternary nitrogens is 1. The fourth-order valence-corrected chi connectivity index (χ4v) is 11.5. The average molecular weight is 1080 g/mol. The molecule has 9 heteroatoms. The molecule has 0 saturated heterocycles. The van der Waals surface area contributed by atoms with E-state index in [9.17, 15) is 19.4 Å². The number of hydrogen-bond acceptors (Lipinski definition) is 6. The smallest absolute Gasteiger partial charge is 0.268 e. The van der Waals surface area contributed by atoms with Gasteiger partial charge in [0.25, 0.3) is 7.82 Å². The van der Waals surface area contributed by atoms with Crippen LogP contribution >= 0.6 is 7.82 Å². The molecule has 450 valence electrons. The highest BCUT2D eigenvalue weighted by Crippen LogP contribution is 2.38. The number of phosphoric acid groups is 1. The number of aliphatic hydroxyl groups is 1. The second-order valence-corrected chi connectivity index (χ2v) is 26.3. The molecule has 0 aromatic heterocycles. The summed E-state index contributed by atoms with van der Waals surface area (Å²) in [5.41, 5.74) is 0. The number of nitrogens with zero attached hydrogens (tertiary/aromatic N) is 1. The van der Waals surface area contributed by atoms with Gasteiger partial charge in [0.2, 0.25) is 5.91 Å². The number of aliphatic hydroxyl groups excluding tert-OH is 1. The SMILES string of the molecule is CCCCCCCCCCCCCCCCCCCCCCCCCCCCCCCCCCCCCC(=O)NC(COP(=O)([O-])OCC[N+](C)(C)C)C(O)CCCCCCCCCCCCCCCCCCCC. The van der Waals surface area contributed by atoms with Crippen LogP contribution in [0.5, 0.6) is 0 Å². The van der Waals surface area contributed by atoms with E-state index in [2.05, 4.69) is 19.2 Å². The Morgan fingerprint density at radius 1 is 0.413 bits per heavy atom. The van der Waals surface area contributed by atoms with Crippen LogP contribution in [0.25, 0.3) is 0 Å². The van der Waals surface area contributed by atoms with Crippen molar-refractivity contribution in [2.24, 2.45) is 0 Å². The van der Waals surface area contributed by atoms with E-state index in [-0.39, 0.29) is 19.1 Å². The molecule has 0 radical (unpaired) electrons. The largest absolute Gasteiger partial charge is 0.756 e. The number of amides is 1. The van der Waals surface area contributed by atoms with Crippen molar-refractivity contribution in [1.29, 1.82) is 0 Å². The topological polar surface area (TPSA) is 108 Å². The minimum absolute atomic E-state index is 0.0168. The first-order chi connectivity index (χ1) is 36.5. The van der Waals surface area contributed by atoms with Gasteiger partial charge in [0.05, 0.1) is 39.9 Å². The molecule has 0 rings (SSSR count). The van der Waals surface area contributed by atoms with Crippen LogP contribution in [-0.4, -0.2) is 68.5 Å². The zero-order chi connectivity index (χ0) is 54.9. The lowest BCUT2D eigenvalue weighted by molar-refractivity contribution is -0.870. The molecule has 2 N–H and O–H groups in total. The van der Waals surface area contributed by atoms with Crippen LogP contribution < -0.4 is 10.2 Å². The second-order valence-electron chi connectivity index (χ2n) is 24.9. The number of hydrogen-bond donors (Lipinski definition) is 2. The number of carbonyl (C=O) groups is 1. The number of carbonyl (C=O) groups excluding carboxylic acids is 1. The van der Waals surface area contributed by atoms with Crippen LogP contribution in [0.2, 0.25) is 0 Å². The van der Waals surface area contributed by atoms with Crippen molar-refractivity contribution in [1.82, 2.24) is 5.32 Å². The van der Waals surface area contributed by atoms with E-state index in [1.165, 1.54) is 302 Å². The van der Waals surface area contributed by atoms with Crippen molar-refractivity contribution >= 4 is 13.7 Å². The molecule has 0 aromatic carbocycles. The van der Waals surface area contributed by atoms with Gasteiger partial charge in [-0.05, 0) is 12.8 Å². The summed E-state index contributed by atoms with van der Waals surface area (Å²) in [4.78, 5) is 25.6. The van der Waals surface area contributed by atoms with Crippen molar-refractivity contribution in [2.75, 3.05) is 40.9 Å². The summed E-state index contributed by atoms with van der Waals surface area (Å²) in [6, 6.07) is -0.796. The third kappa shape index (κ3) is 61.0. The summed E-state index contributed by atoms with van der Waals surface area (Å²) in [5, 5.41) is 14.1. The molecule has 0 fully saturated rings. The van der Waals surface area contributed by atoms with Gasteiger partial charge in [-0.25, -0.2) is 0 Å². The molecule has 0 aliphatic carbocycles. The fourth-order valence-electron chi connectivity index (χ4n) is 10.8. The molecule has 1 amide bonds. The van der Waals surface area contributed by atoms with E-state index < -0.39 is 20.0 Å². The Labute approximate surface area is 470 Å². The summed E-state index contributed by atoms with van der Waals surface area (Å²) in [6.07, 6.45) is 71.8. The van der Waals surface area contributed by atoms with Gasteiger partial charge < -0.3 is 28.8 Å². The molecule has 0 aliphatic rings. The molecule has 0 spiro atoms. The van der Waals surface area contributed by atoms with Crippen molar-refractivity contribution in [3.8, 4) is 0 Å². The van der Waals surface area contributed by atoms with Crippen molar-refractivity contribution in [2.45, 2.75) is 379 Å². The van der Waals surface area contributed by atoms with Gasteiger partial charge in [0, 0.05) is 6.42 Å². The van der Waals surface area contributed by atoms with Crippen LogP contribution in [-0.2, 0) is 18.4 Å². The minimum Gasteiger partial charge on any atom is -0.756 e. The zero-order valence-corrected chi connectivity index (χ0v) is 52.4. The maximum Gasteiger partial charge on any atom is 0.268 e. The Kier molecular flexibility index (Phi) is 57.8. The van der Waals surface area contributed by atoms with Crippen LogP contribution in [0.1, 0.15) is 367 Å². The highest BCUT2D eigenvalue weighted by Gasteiger charge is 2.24. The molecule has 0 saturated carbocycles. The first-order valence-corrected chi connectivity index (χ1v) is 35.3. The van der Waals surface area contributed by atoms with Gasteiger partial charge in [-0.1, -0.05) is 348 Å². The fraction of sp³-hybridized carbons (Fsp3) is 0.985. The van der Waals surface area contributed by atoms with Crippen LogP contribution in [0.4, 0.5) is 0 Å². The van der Waals surface area contributed by atoms with E-state index in [1.54, 1.807) is 0 Å². The lowest BCUT2D eigenvalue weighted by atomic mass is 10.0. The van der Waals surface area contributed by atoms with E-state index >= 15 is 0 Å². The first-order valence-electron chi connectivity index (χ1n) is 33.9. The molecule has 3 atom stereocenters. The number of nitrogens with one attached hydrogen (secondary N) is 1. The van der Waals surface area contributed by atoms with Gasteiger partial charge in [-0.2, -0.15) is 0 Å². The molecule has 0 heterocycles. The predicted octanol–water partition coefficient (Wildman–Crippen LogP) is 20.5. The lowest BCUT2D eigenvalue weighted by Gasteiger charge is -2.30. The van der Waals surface area contributed by atoms with Gasteiger partial charge in [0.15, 0.2) is 0 Å². The van der Waals surface area contributed by atoms with E-state index in [1.807, 2.05) is 21.1 Å². The molecule has 8 nitrogen and oxygen atoms in total. The predicted molar refractivity (Wildman–Crippen MR) is 326 cm³/mol. The Bertz CT molecular complexity index is 1180. The monoisotopic (exact) mass is 1080 g/mol. The minimum atomic E-state index is -4.57. The standard InChI is InChI=1S/C66H135N2O6P/c1-6-8-10-12-14-16-18-20-22-24-26-27-28-29-30-31-32-33-34-35-36-37-38-39-40-41-42-44-46-48-50-52-54-56-58-60-66(70)67-64(63-74-75(71,72)73-62-61-68(3,4)5)65(69)59-57-55-53-51-49-47-45-43-25-23-21-19-17-15-13-11-9-7-2/h64-65,69H,6-63H2,1-5H3,(H-,67,70,71,72). The summed E-state index contributed by atoms with van der Waals surface area (Å²) >= 11 is 0. The normalized spacial score (nSPS) is 13.6. The number of unbranched alkanes of at least 4 members (excludes halogenated alkanes) is 51. The highest BCUT2D eigenvalue weighted by molar-refractivity contribution is 7.45. The second kappa shape index (κ2) is 58.2. The van der Waals surface area contributed by atoms with Gasteiger partial charge >= 0.3 is 0 Å². The number of likely N-dealkylation sites (N-methyl/N-ethyl adjacent to an activating group) is 1. The van der Waals surface area contributed by atoms with Crippen molar-refractivity contribution in [3.05, 3.63) is 0 Å². The van der Waals surface area contributed by atoms with Gasteiger partial charge in [0.1, 0.15) is 13.2 Å². The third-order valence-electron chi connectivity index (χ3n) is 16.1.